The minimum absolute atomic E-state index is 0.182. The molecule has 27 heavy (non-hydrogen) atoms. The smallest absolute Gasteiger partial charge is 0.191 e. The number of nitrogens with one attached hydrogen (secondary N) is 2. The van der Waals surface area contributed by atoms with Crippen molar-refractivity contribution in [3.8, 4) is 0 Å². The van der Waals surface area contributed by atoms with E-state index >= 15 is 0 Å². The first kappa shape index (κ1) is 21.8. The standard InChI is InChI=1S/C20H36N6S/c1-6-21-19(24-16-20(3,4)27-5)23-15-17-8-9-18(22-14-17)26-12-10-25(7-2)11-13-26/h8-9,14H,6-7,10-13,15-16H2,1-5H3,(H2,21,23,24). The Morgan fingerprint density at radius 2 is 1.93 bits per heavy atom. The molecule has 2 rings (SSSR count). The number of hydrogen-bond donors (Lipinski definition) is 2. The molecule has 1 aromatic rings. The Balaban J connectivity index is 1.90. The molecular weight excluding hydrogens is 356 g/mol. The zero-order valence-electron chi connectivity index (χ0n) is 17.6. The fourth-order valence-corrected chi connectivity index (χ4v) is 3.09. The summed E-state index contributed by atoms with van der Waals surface area (Å²) in [5.74, 6) is 1.93. The van der Waals surface area contributed by atoms with E-state index in [2.05, 4.69) is 71.5 Å². The third-order valence-corrected chi connectivity index (χ3v) is 6.20. The van der Waals surface area contributed by atoms with E-state index in [1.807, 2.05) is 18.0 Å². The van der Waals surface area contributed by atoms with Crippen LogP contribution in [0.2, 0.25) is 0 Å². The first-order valence-corrected chi connectivity index (χ1v) is 11.2. The van der Waals surface area contributed by atoms with E-state index in [0.717, 1.165) is 63.2 Å². The number of piperazine rings is 1. The maximum absolute atomic E-state index is 4.71. The number of thioether (sulfide) groups is 1. The van der Waals surface area contributed by atoms with Crippen LogP contribution in [0.1, 0.15) is 33.3 Å². The van der Waals surface area contributed by atoms with Gasteiger partial charge < -0.3 is 20.4 Å². The zero-order valence-corrected chi connectivity index (χ0v) is 18.4. The summed E-state index contributed by atoms with van der Waals surface area (Å²) in [5, 5.41) is 6.76. The van der Waals surface area contributed by atoms with Crippen molar-refractivity contribution < 1.29 is 0 Å². The highest BCUT2D eigenvalue weighted by atomic mass is 32.2. The summed E-state index contributed by atoms with van der Waals surface area (Å²) < 4.78 is 0.182. The lowest BCUT2D eigenvalue weighted by Crippen LogP contribution is -2.46. The molecule has 2 N–H and O–H groups in total. The summed E-state index contributed by atoms with van der Waals surface area (Å²) in [5.41, 5.74) is 1.13. The second-order valence-electron chi connectivity index (χ2n) is 7.46. The van der Waals surface area contributed by atoms with Crippen LogP contribution in [0, 0.1) is 0 Å². The van der Waals surface area contributed by atoms with Crippen LogP contribution in [-0.2, 0) is 6.54 Å². The Morgan fingerprint density at radius 3 is 2.48 bits per heavy atom. The summed E-state index contributed by atoms with van der Waals surface area (Å²) in [7, 11) is 0. The van der Waals surface area contributed by atoms with Gasteiger partial charge in [-0.05, 0) is 45.2 Å². The zero-order chi connectivity index (χ0) is 19.7. The molecule has 0 bridgehead atoms. The van der Waals surface area contributed by atoms with Crippen molar-refractivity contribution in [2.45, 2.75) is 39.0 Å². The van der Waals surface area contributed by atoms with Gasteiger partial charge in [0.15, 0.2) is 5.96 Å². The third-order valence-electron chi connectivity index (χ3n) is 4.95. The van der Waals surface area contributed by atoms with Gasteiger partial charge in [0, 0.05) is 50.2 Å². The van der Waals surface area contributed by atoms with Crippen molar-refractivity contribution in [1.29, 1.82) is 0 Å². The van der Waals surface area contributed by atoms with Crippen molar-refractivity contribution in [3.05, 3.63) is 23.9 Å². The molecule has 1 saturated heterocycles. The number of pyridine rings is 1. The summed E-state index contributed by atoms with van der Waals surface area (Å²) in [6.45, 7) is 16.6. The van der Waals surface area contributed by atoms with Gasteiger partial charge in [-0.3, -0.25) is 0 Å². The molecule has 2 heterocycles. The summed E-state index contributed by atoms with van der Waals surface area (Å²) in [4.78, 5) is 14.2. The number of guanidine groups is 1. The first-order chi connectivity index (χ1) is 13.0. The molecule has 0 saturated carbocycles. The molecule has 0 amide bonds. The summed E-state index contributed by atoms with van der Waals surface area (Å²) in [6, 6.07) is 4.27. The fraction of sp³-hybridized carbons (Fsp3) is 0.700. The van der Waals surface area contributed by atoms with Gasteiger partial charge in [0.1, 0.15) is 5.82 Å². The van der Waals surface area contributed by atoms with E-state index in [9.17, 15) is 0 Å². The molecule has 0 aliphatic carbocycles. The highest BCUT2D eigenvalue weighted by molar-refractivity contribution is 7.99. The van der Waals surface area contributed by atoms with Gasteiger partial charge >= 0.3 is 0 Å². The van der Waals surface area contributed by atoms with Crippen molar-refractivity contribution >= 4 is 23.5 Å². The lowest BCUT2D eigenvalue weighted by atomic mass is 10.2. The predicted molar refractivity (Wildman–Crippen MR) is 119 cm³/mol. The molecule has 6 nitrogen and oxygen atoms in total. The largest absolute Gasteiger partial charge is 0.357 e. The molecule has 1 aromatic heterocycles. The fourth-order valence-electron chi connectivity index (χ4n) is 2.87. The maximum atomic E-state index is 4.71. The highest BCUT2D eigenvalue weighted by Gasteiger charge is 2.17. The van der Waals surface area contributed by atoms with Crippen LogP contribution in [0.15, 0.2) is 23.3 Å². The average molecular weight is 393 g/mol. The van der Waals surface area contributed by atoms with Crippen LogP contribution in [-0.4, -0.2) is 72.7 Å². The molecule has 152 valence electrons. The molecular formula is C20H36N6S. The first-order valence-electron chi connectivity index (χ1n) is 9.97. The topological polar surface area (TPSA) is 55.8 Å². The monoisotopic (exact) mass is 392 g/mol. The molecule has 0 radical (unpaired) electrons. The number of hydrogen-bond acceptors (Lipinski definition) is 5. The van der Waals surface area contributed by atoms with E-state index < -0.39 is 0 Å². The van der Waals surface area contributed by atoms with Gasteiger partial charge in [-0.25, -0.2) is 9.98 Å². The molecule has 0 atom stereocenters. The highest BCUT2D eigenvalue weighted by Crippen LogP contribution is 2.19. The molecule has 1 aliphatic heterocycles. The van der Waals surface area contributed by atoms with Crippen LogP contribution in [0.4, 0.5) is 5.82 Å². The minimum atomic E-state index is 0.182. The SMILES string of the molecule is CCNC(=NCc1ccc(N2CCN(CC)CC2)nc1)NCC(C)(C)SC. The van der Waals surface area contributed by atoms with Gasteiger partial charge in [-0.1, -0.05) is 13.0 Å². The van der Waals surface area contributed by atoms with E-state index in [1.54, 1.807) is 0 Å². The molecule has 1 aliphatic rings. The van der Waals surface area contributed by atoms with E-state index in [0.29, 0.717) is 6.54 Å². The molecule has 1 fully saturated rings. The van der Waals surface area contributed by atoms with Crippen molar-refractivity contribution in [2.75, 3.05) is 57.0 Å². The number of likely N-dealkylation sites (N-methyl/N-ethyl adjacent to an activating group) is 1. The van der Waals surface area contributed by atoms with Crippen molar-refractivity contribution in [2.24, 2.45) is 4.99 Å². The van der Waals surface area contributed by atoms with E-state index in [-0.39, 0.29) is 4.75 Å². The number of aromatic nitrogens is 1. The average Bonchev–Trinajstić information content (AvgIpc) is 2.70. The van der Waals surface area contributed by atoms with Gasteiger partial charge in [0.25, 0.3) is 0 Å². The Hall–Kier alpha value is -1.47. The molecule has 7 heteroatoms. The lowest BCUT2D eigenvalue weighted by Gasteiger charge is -2.34. The van der Waals surface area contributed by atoms with Crippen LogP contribution < -0.4 is 15.5 Å². The normalized spacial score (nSPS) is 16.5. The van der Waals surface area contributed by atoms with E-state index in [1.165, 1.54) is 0 Å². The minimum Gasteiger partial charge on any atom is -0.357 e. The summed E-state index contributed by atoms with van der Waals surface area (Å²) in [6.07, 6.45) is 4.10. The van der Waals surface area contributed by atoms with Crippen LogP contribution in [0.5, 0.6) is 0 Å². The molecule has 0 aromatic carbocycles. The lowest BCUT2D eigenvalue weighted by molar-refractivity contribution is 0.270. The Kier molecular flexibility index (Phi) is 8.70. The molecule has 0 spiro atoms. The Morgan fingerprint density at radius 1 is 1.19 bits per heavy atom. The van der Waals surface area contributed by atoms with Crippen molar-refractivity contribution in [1.82, 2.24) is 20.5 Å². The number of aliphatic imine (C=N–C) groups is 1. The molecule has 0 unspecified atom stereocenters. The maximum Gasteiger partial charge on any atom is 0.191 e. The summed E-state index contributed by atoms with van der Waals surface area (Å²) >= 11 is 1.86. The van der Waals surface area contributed by atoms with Gasteiger partial charge in [-0.15, -0.1) is 0 Å². The van der Waals surface area contributed by atoms with E-state index in [4.69, 9.17) is 4.99 Å². The third kappa shape index (κ3) is 7.22. The number of rotatable bonds is 8. The quantitative estimate of drug-likeness (QED) is 0.523. The van der Waals surface area contributed by atoms with Gasteiger partial charge in [0.2, 0.25) is 0 Å². The number of anilines is 1. The second-order valence-corrected chi connectivity index (χ2v) is 8.97. The Bertz CT molecular complexity index is 579. The van der Waals surface area contributed by atoms with Crippen LogP contribution in [0.3, 0.4) is 0 Å². The Labute approximate surface area is 169 Å². The van der Waals surface area contributed by atoms with Gasteiger partial charge in [-0.2, -0.15) is 11.8 Å². The predicted octanol–water partition coefficient (Wildman–Crippen LogP) is 2.42. The number of nitrogens with zero attached hydrogens (tertiary/aromatic N) is 4. The van der Waals surface area contributed by atoms with Crippen LogP contribution >= 0.6 is 11.8 Å². The second kappa shape index (κ2) is 10.8. The van der Waals surface area contributed by atoms with Gasteiger partial charge in [0.05, 0.1) is 6.54 Å². The van der Waals surface area contributed by atoms with Crippen molar-refractivity contribution in [3.63, 3.8) is 0 Å². The van der Waals surface area contributed by atoms with Crippen LogP contribution in [0.25, 0.3) is 0 Å².